The fourth-order valence-corrected chi connectivity index (χ4v) is 3.18. The number of amides is 1. The van der Waals surface area contributed by atoms with Crippen LogP contribution in [0.2, 0.25) is 0 Å². The summed E-state index contributed by atoms with van der Waals surface area (Å²) in [5, 5.41) is 0. The van der Waals surface area contributed by atoms with Crippen LogP contribution in [0.25, 0.3) is 0 Å². The molecule has 2 aliphatic rings. The van der Waals surface area contributed by atoms with Crippen molar-refractivity contribution in [1.82, 2.24) is 4.90 Å². The second-order valence-electron chi connectivity index (χ2n) is 7.32. The number of carbonyl (C=O) groups is 1. The number of hydrogen-bond donors (Lipinski definition) is 1. The number of aryl methyl sites for hydroxylation is 1. The Balaban J connectivity index is 0.000000188. The Morgan fingerprint density at radius 1 is 1.32 bits per heavy atom. The third-order valence-corrected chi connectivity index (χ3v) is 4.90. The fourth-order valence-electron chi connectivity index (χ4n) is 3.18. The van der Waals surface area contributed by atoms with Crippen molar-refractivity contribution < 1.29 is 4.79 Å². The van der Waals surface area contributed by atoms with Crippen LogP contribution in [0.5, 0.6) is 0 Å². The molecule has 0 aromatic heterocycles. The van der Waals surface area contributed by atoms with Gasteiger partial charge in [-0.2, -0.15) is 0 Å². The Kier molecular flexibility index (Phi) is 5.63. The highest BCUT2D eigenvalue weighted by molar-refractivity contribution is 5.83. The van der Waals surface area contributed by atoms with Crippen molar-refractivity contribution in [2.24, 2.45) is 17.1 Å². The van der Waals surface area contributed by atoms with Gasteiger partial charge in [0.1, 0.15) is 0 Å². The van der Waals surface area contributed by atoms with Crippen molar-refractivity contribution in [3.63, 3.8) is 0 Å². The molecule has 1 aliphatic heterocycles. The van der Waals surface area contributed by atoms with E-state index >= 15 is 0 Å². The smallest absolute Gasteiger partial charge is 0.223 e. The number of likely N-dealkylation sites (tertiary alicyclic amines) is 1. The number of hydrogen-bond acceptors (Lipinski definition) is 2. The van der Waals surface area contributed by atoms with Crippen molar-refractivity contribution in [3.8, 4) is 0 Å². The highest BCUT2D eigenvalue weighted by atomic mass is 16.1. The predicted octanol–water partition coefficient (Wildman–Crippen LogP) is 3.15. The third-order valence-electron chi connectivity index (χ3n) is 4.90. The Morgan fingerprint density at radius 3 is 2.36 bits per heavy atom. The maximum absolute atomic E-state index is 11.2. The molecule has 2 fully saturated rings. The van der Waals surface area contributed by atoms with Crippen LogP contribution in [0.4, 0.5) is 0 Å². The van der Waals surface area contributed by atoms with Crippen LogP contribution in [0, 0.1) is 18.3 Å². The minimum absolute atomic E-state index is 0.141. The first kappa shape index (κ1) is 17.0. The summed E-state index contributed by atoms with van der Waals surface area (Å²) in [6, 6.07) is 8.31. The van der Waals surface area contributed by atoms with Gasteiger partial charge in [-0.1, -0.05) is 36.8 Å². The zero-order chi connectivity index (χ0) is 16.2. The molecule has 2 N–H and O–H groups in total. The molecule has 3 nitrogen and oxygen atoms in total. The molecule has 1 atom stereocenters. The van der Waals surface area contributed by atoms with Crippen molar-refractivity contribution in [2.75, 3.05) is 20.1 Å². The van der Waals surface area contributed by atoms with E-state index < -0.39 is 0 Å². The molecular formula is C19H30N2O. The van der Waals surface area contributed by atoms with E-state index in [2.05, 4.69) is 50.1 Å². The van der Waals surface area contributed by atoms with Gasteiger partial charge in [-0.05, 0) is 64.1 Å². The zero-order valence-corrected chi connectivity index (χ0v) is 14.3. The van der Waals surface area contributed by atoms with E-state index in [4.69, 9.17) is 5.73 Å². The van der Waals surface area contributed by atoms with Gasteiger partial charge in [-0.15, -0.1) is 0 Å². The summed E-state index contributed by atoms with van der Waals surface area (Å²) in [5.41, 5.74) is 7.62. The molecule has 1 amide bonds. The minimum Gasteiger partial charge on any atom is -0.369 e. The lowest BCUT2D eigenvalue weighted by atomic mass is 9.95. The molecule has 1 aliphatic carbocycles. The van der Waals surface area contributed by atoms with E-state index in [9.17, 15) is 4.79 Å². The van der Waals surface area contributed by atoms with Crippen LogP contribution < -0.4 is 5.73 Å². The minimum atomic E-state index is -0.213. The Hall–Kier alpha value is -1.35. The lowest BCUT2D eigenvalue weighted by molar-refractivity contribution is -0.123. The zero-order valence-electron chi connectivity index (χ0n) is 14.3. The Morgan fingerprint density at radius 2 is 1.95 bits per heavy atom. The predicted molar refractivity (Wildman–Crippen MR) is 91.6 cm³/mol. The van der Waals surface area contributed by atoms with E-state index in [1.807, 2.05) is 0 Å². The average Bonchev–Trinajstić information content (AvgIpc) is 3.23. The van der Waals surface area contributed by atoms with E-state index in [0.29, 0.717) is 0 Å². The topological polar surface area (TPSA) is 46.3 Å². The molecule has 1 aromatic rings. The fraction of sp³-hybridized carbons (Fsp3) is 0.632. The summed E-state index contributed by atoms with van der Waals surface area (Å²) in [5.74, 6) is 0.798. The van der Waals surface area contributed by atoms with Gasteiger partial charge in [0, 0.05) is 6.54 Å². The highest BCUT2D eigenvalue weighted by Crippen LogP contribution is 2.48. The maximum Gasteiger partial charge on any atom is 0.223 e. The van der Waals surface area contributed by atoms with E-state index in [0.717, 1.165) is 25.2 Å². The number of nitrogens with two attached hydrogens (primary N) is 1. The summed E-state index contributed by atoms with van der Waals surface area (Å²) in [4.78, 5) is 13.6. The number of piperidine rings is 1. The average molecular weight is 302 g/mol. The summed E-state index contributed by atoms with van der Waals surface area (Å²) >= 11 is 0. The molecule has 0 spiro atoms. The van der Waals surface area contributed by atoms with Crippen LogP contribution in [0.15, 0.2) is 24.3 Å². The quantitative estimate of drug-likeness (QED) is 0.932. The van der Waals surface area contributed by atoms with E-state index in [1.54, 1.807) is 0 Å². The normalized spacial score (nSPS) is 23.3. The van der Waals surface area contributed by atoms with Gasteiger partial charge in [0.05, 0.1) is 5.41 Å². The molecular weight excluding hydrogens is 272 g/mol. The molecule has 1 saturated carbocycles. The first-order valence-electron chi connectivity index (χ1n) is 8.45. The molecule has 1 aromatic carbocycles. The Bertz CT molecular complexity index is 483. The van der Waals surface area contributed by atoms with Crippen LogP contribution in [-0.4, -0.2) is 30.9 Å². The monoisotopic (exact) mass is 302 g/mol. The SMILES string of the molecule is CC1CCCN(C)C1.Cc1ccc(CC2(C(N)=O)CC2)cc1. The second-order valence-corrected chi connectivity index (χ2v) is 7.32. The summed E-state index contributed by atoms with van der Waals surface area (Å²) in [6.45, 7) is 7.00. The second kappa shape index (κ2) is 7.28. The first-order valence-corrected chi connectivity index (χ1v) is 8.45. The molecule has 3 heteroatoms. The lowest BCUT2D eigenvalue weighted by Gasteiger charge is -2.26. The van der Waals surface area contributed by atoms with E-state index in [1.165, 1.54) is 37.1 Å². The van der Waals surface area contributed by atoms with Crippen LogP contribution in [-0.2, 0) is 11.2 Å². The van der Waals surface area contributed by atoms with Gasteiger partial charge in [0.25, 0.3) is 0 Å². The maximum atomic E-state index is 11.2. The molecule has 122 valence electrons. The lowest BCUT2D eigenvalue weighted by Crippen LogP contribution is -2.30. The molecule has 1 unspecified atom stereocenters. The number of carbonyl (C=O) groups excluding carboxylic acids is 1. The Labute approximate surface area is 134 Å². The van der Waals surface area contributed by atoms with Crippen molar-refractivity contribution in [1.29, 1.82) is 0 Å². The van der Waals surface area contributed by atoms with Gasteiger partial charge in [-0.25, -0.2) is 0 Å². The molecule has 0 bridgehead atoms. The van der Waals surface area contributed by atoms with Gasteiger partial charge in [-0.3, -0.25) is 4.79 Å². The molecule has 1 heterocycles. The van der Waals surface area contributed by atoms with Gasteiger partial charge in [0.15, 0.2) is 0 Å². The first-order chi connectivity index (χ1) is 10.4. The van der Waals surface area contributed by atoms with Crippen LogP contribution in [0.1, 0.15) is 43.7 Å². The van der Waals surface area contributed by atoms with Crippen LogP contribution in [0.3, 0.4) is 0 Å². The largest absolute Gasteiger partial charge is 0.369 e. The standard InChI is InChI=1S/C12H15NO.C7H15N/c1-9-2-4-10(5-3-9)8-12(6-7-12)11(13)14;1-7-4-3-5-8(2)6-7/h2-5H,6-8H2,1H3,(H2,13,14);7H,3-6H2,1-2H3. The summed E-state index contributed by atoms with van der Waals surface area (Å²) in [6.07, 6.45) is 5.55. The molecule has 22 heavy (non-hydrogen) atoms. The van der Waals surface area contributed by atoms with Crippen LogP contribution >= 0.6 is 0 Å². The van der Waals surface area contributed by atoms with Crippen molar-refractivity contribution >= 4 is 5.91 Å². The van der Waals surface area contributed by atoms with Crippen molar-refractivity contribution in [3.05, 3.63) is 35.4 Å². The van der Waals surface area contributed by atoms with Gasteiger partial charge in [0.2, 0.25) is 5.91 Å². The van der Waals surface area contributed by atoms with Gasteiger partial charge >= 0.3 is 0 Å². The van der Waals surface area contributed by atoms with Gasteiger partial charge < -0.3 is 10.6 Å². The molecule has 1 saturated heterocycles. The highest BCUT2D eigenvalue weighted by Gasteiger charge is 2.48. The molecule has 3 rings (SSSR count). The number of rotatable bonds is 3. The summed E-state index contributed by atoms with van der Waals surface area (Å²) in [7, 11) is 2.20. The van der Waals surface area contributed by atoms with Crippen molar-refractivity contribution in [2.45, 2.75) is 46.0 Å². The number of nitrogens with zero attached hydrogens (tertiary/aromatic N) is 1. The summed E-state index contributed by atoms with van der Waals surface area (Å²) < 4.78 is 0. The molecule has 0 radical (unpaired) electrons. The number of primary amides is 1. The number of benzene rings is 1. The third kappa shape index (κ3) is 4.84. The van der Waals surface area contributed by atoms with E-state index in [-0.39, 0.29) is 11.3 Å².